The van der Waals surface area contributed by atoms with Crippen molar-refractivity contribution in [3.8, 4) is 33.6 Å². The molecule has 0 atom stereocenters. The third kappa shape index (κ3) is 3.34. The highest BCUT2D eigenvalue weighted by molar-refractivity contribution is 5.92. The van der Waals surface area contributed by atoms with Gasteiger partial charge in [0.1, 0.15) is 11.5 Å². The van der Waals surface area contributed by atoms with Gasteiger partial charge < -0.3 is 0 Å². The maximum absolute atomic E-state index is 13.4. The van der Waals surface area contributed by atoms with Crippen LogP contribution in [0.2, 0.25) is 0 Å². The van der Waals surface area contributed by atoms with Gasteiger partial charge in [0.05, 0.1) is 11.4 Å². The predicted octanol–water partition coefficient (Wildman–Crippen LogP) is 5.57. The molecule has 2 heterocycles. The van der Waals surface area contributed by atoms with Crippen LogP contribution in [0.25, 0.3) is 33.6 Å². The van der Waals surface area contributed by atoms with E-state index in [0.29, 0.717) is 0 Å². The van der Waals surface area contributed by atoms with Gasteiger partial charge in [-0.2, -0.15) is 5.10 Å². The minimum absolute atomic E-state index is 0.275. The van der Waals surface area contributed by atoms with E-state index >= 15 is 0 Å². The topological polar surface area (TPSA) is 38.7 Å². The molecule has 4 aromatic rings. The minimum atomic E-state index is -0.275. The number of aryl methyl sites for hydroxylation is 1. The van der Waals surface area contributed by atoms with Gasteiger partial charge in [0.25, 0.3) is 0 Å². The van der Waals surface area contributed by atoms with E-state index in [4.69, 9.17) is 0 Å². The van der Waals surface area contributed by atoms with Crippen LogP contribution >= 0.6 is 0 Å². The van der Waals surface area contributed by atoms with Crippen LogP contribution in [0, 0.1) is 5.82 Å². The van der Waals surface area contributed by atoms with E-state index in [-0.39, 0.29) is 5.82 Å². The minimum Gasteiger partial charge on any atom is -0.256 e. The first-order chi connectivity index (χ1) is 13.3. The summed E-state index contributed by atoms with van der Waals surface area (Å²) >= 11 is 0. The lowest BCUT2D eigenvalue weighted by Gasteiger charge is -2.17. The van der Waals surface area contributed by atoms with Gasteiger partial charge >= 0.3 is 0 Å². The molecule has 4 rings (SSSR count). The maximum atomic E-state index is 13.4. The highest BCUT2D eigenvalue weighted by atomic mass is 19.1. The van der Waals surface area contributed by atoms with Crippen LogP contribution in [-0.4, -0.2) is 15.2 Å². The average molecular weight is 355 g/mol. The molecule has 4 heteroatoms. The second kappa shape index (κ2) is 7.46. The van der Waals surface area contributed by atoms with Crippen LogP contribution in [-0.2, 0) is 6.42 Å². The summed E-state index contributed by atoms with van der Waals surface area (Å²) in [5.41, 5.74) is 6.25. The molecule has 0 saturated heterocycles. The SMILES string of the molecule is CCc1nnc(-c2ccc(F)cc2)c(-c2ccccc2)c1-c1ccccn1. The fourth-order valence-corrected chi connectivity index (χ4v) is 3.20. The largest absolute Gasteiger partial charge is 0.256 e. The monoisotopic (exact) mass is 355 g/mol. The Hall–Kier alpha value is -3.40. The van der Waals surface area contributed by atoms with Crippen molar-refractivity contribution in [1.29, 1.82) is 0 Å². The normalized spacial score (nSPS) is 10.7. The van der Waals surface area contributed by atoms with Gasteiger partial charge in [-0.3, -0.25) is 4.98 Å². The highest BCUT2D eigenvalue weighted by Crippen LogP contribution is 2.39. The van der Waals surface area contributed by atoms with Crippen molar-refractivity contribution in [2.45, 2.75) is 13.3 Å². The van der Waals surface area contributed by atoms with Gasteiger partial charge in [-0.15, -0.1) is 5.10 Å². The maximum Gasteiger partial charge on any atom is 0.123 e. The van der Waals surface area contributed by atoms with Gasteiger partial charge in [0.15, 0.2) is 0 Å². The van der Waals surface area contributed by atoms with E-state index in [1.54, 1.807) is 18.3 Å². The molecule has 0 spiro atoms. The van der Waals surface area contributed by atoms with Crippen molar-refractivity contribution in [3.63, 3.8) is 0 Å². The summed E-state index contributed by atoms with van der Waals surface area (Å²) in [5.74, 6) is -0.275. The van der Waals surface area contributed by atoms with Gasteiger partial charge in [-0.05, 0) is 48.4 Å². The van der Waals surface area contributed by atoms with Crippen molar-refractivity contribution >= 4 is 0 Å². The van der Waals surface area contributed by atoms with E-state index in [2.05, 4.69) is 34.2 Å². The quantitative estimate of drug-likeness (QED) is 0.480. The van der Waals surface area contributed by atoms with E-state index in [0.717, 1.165) is 45.8 Å². The predicted molar refractivity (Wildman–Crippen MR) is 105 cm³/mol. The Kier molecular flexibility index (Phi) is 4.71. The van der Waals surface area contributed by atoms with Crippen LogP contribution < -0.4 is 0 Å². The molecule has 0 aliphatic rings. The van der Waals surface area contributed by atoms with Crippen molar-refractivity contribution in [2.24, 2.45) is 0 Å². The molecular formula is C23H18FN3. The number of benzene rings is 2. The molecule has 0 radical (unpaired) electrons. The number of nitrogens with zero attached hydrogens (tertiary/aromatic N) is 3. The van der Waals surface area contributed by atoms with Gasteiger partial charge in [-0.1, -0.05) is 43.3 Å². The summed E-state index contributed by atoms with van der Waals surface area (Å²) in [6, 6.07) is 22.3. The fraction of sp³-hybridized carbons (Fsp3) is 0.0870. The average Bonchev–Trinajstić information content (AvgIpc) is 2.74. The van der Waals surface area contributed by atoms with Crippen LogP contribution in [0.15, 0.2) is 79.0 Å². The zero-order chi connectivity index (χ0) is 18.6. The molecular weight excluding hydrogens is 337 g/mol. The van der Waals surface area contributed by atoms with Gasteiger partial charge in [0.2, 0.25) is 0 Å². The first kappa shape index (κ1) is 17.0. The Morgan fingerprint density at radius 3 is 2.15 bits per heavy atom. The summed E-state index contributed by atoms with van der Waals surface area (Å²) in [7, 11) is 0. The molecule has 0 unspecified atom stereocenters. The molecule has 0 fully saturated rings. The molecule has 3 nitrogen and oxygen atoms in total. The molecule has 0 amide bonds. The molecule has 27 heavy (non-hydrogen) atoms. The Labute approximate surface area is 157 Å². The number of pyridine rings is 1. The fourth-order valence-electron chi connectivity index (χ4n) is 3.20. The summed E-state index contributed by atoms with van der Waals surface area (Å²) in [5, 5.41) is 8.99. The standard InChI is InChI=1S/C23H18FN3/c1-2-19-22(20-10-6-7-15-25-20)21(16-8-4-3-5-9-16)23(27-26-19)17-11-13-18(24)14-12-17/h3-15H,2H2,1H3. The second-order valence-electron chi connectivity index (χ2n) is 6.19. The summed E-state index contributed by atoms with van der Waals surface area (Å²) in [6.07, 6.45) is 2.52. The Morgan fingerprint density at radius 1 is 0.741 bits per heavy atom. The number of hydrogen-bond acceptors (Lipinski definition) is 3. The second-order valence-corrected chi connectivity index (χ2v) is 6.19. The molecule has 2 aromatic carbocycles. The summed E-state index contributed by atoms with van der Waals surface area (Å²) in [4.78, 5) is 4.56. The van der Waals surface area contributed by atoms with Crippen molar-refractivity contribution < 1.29 is 4.39 Å². The van der Waals surface area contributed by atoms with Gasteiger partial charge in [0, 0.05) is 22.9 Å². The Bertz CT molecular complexity index is 1050. The van der Waals surface area contributed by atoms with Gasteiger partial charge in [-0.25, -0.2) is 4.39 Å². The molecule has 132 valence electrons. The molecule has 0 bridgehead atoms. The van der Waals surface area contributed by atoms with Crippen LogP contribution in [0.4, 0.5) is 4.39 Å². The molecule has 0 aliphatic heterocycles. The third-order valence-electron chi connectivity index (χ3n) is 4.48. The van der Waals surface area contributed by atoms with E-state index < -0.39 is 0 Å². The third-order valence-corrected chi connectivity index (χ3v) is 4.48. The number of rotatable bonds is 4. The lowest BCUT2D eigenvalue weighted by molar-refractivity contribution is 0.628. The van der Waals surface area contributed by atoms with Crippen LogP contribution in [0.1, 0.15) is 12.6 Å². The lowest BCUT2D eigenvalue weighted by Crippen LogP contribution is -2.03. The first-order valence-electron chi connectivity index (χ1n) is 8.90. The van der Waals surface area contributed by atoms with Crippen molar-refractivity contribution in [2.75, 3.05) is 0 Å². The molecule has 2 aromatic heterocycles. The van der Waals surface area contributed by atoms with Crippen molar-refractivity contribution in [3.05, 3.63) is 90.5 Å². The highest BCUT2D eigenvalue weighted by Gasteiger charge is 2.20. The number of aromatic nitrogens is 3. The zero-order valence-electron chi connectivity index (χ0n) is 14.9. The Balaban J connectivity index is 2.07. The van der Waals surface area contributed by atoms with Crippen LogP contribution in [0.3, 0.4) is 0 Å². The van der Waals surface area contributed by atoms with E-state index in [1.807, 2.05) is 36.4 Å². The number of halogens is 1. The molecule has 0 N–H and O–H groups in total. The van der Waals surface area contributed by atoms with Crippen LogP contribution in [0.5, 0.6) is 0 Å². The number of hydrogen-bond donors (Lipinski definition) is 0. The van der Waals surface area contributed by atoms with Crippen molar-refractivity contribution in [1.82, 2.24) is 15.2 Å². The van der Waals surface area contributed by atoms with E-state index in [9.17, 15) is 4.39 Å². The Morgan fingerprint density at radius 2 is 1.48 bits per heavy atom. The van der Waals surface area contributed by atoms with E-state index in [1.165, 1.54) is 12.1 Å². The lowest BCUT2D eigenvalue weighted by atomic mass is 9.91. The summed E-state index contributed by atoms with van der Waals surface area (Å²) in [6.45, 7) is 2.06. The molecule has 0 saturated carbocycles. The first-order valence-corrected chi connectivity index (χ1v) is 8.90. The molecule has 0 aliphatic carbocycles. The zero-order valence-corrected chi connectivity index (χ0v) is 14.9. The summed E-state index contributed by atoms with van der Waals surface area (Å²) < 4.78 is 13.4. The smallest absolute Gasteiger partial charge is 0.123 e.